The lowest BCUT2D eigenvalue weighted by Crippen LogP contribution is -2.24. The molecule has 0 aliphatic carbocycles. The summed E-state index contributed by atoms with van der Waals surface area (Å²) in [4.78, 5) is 39.2. The fraction of sp³-hybridized carbons (Fsp3) is 0.148. The van der Waals surface area contributed by atoms with E-state index in [-0.39, 0.29) is 23.6 Å². The number of ether oxygens (including phenoxy) is 1. The number of methoxy groups -OCH3 is 1. The molecule has 0 atom stereocenters. The van der Waals surface area contributed by atoms with Gasteiger partial charge in [0.25, 0.3) is 0 Å². The molecule has 0 unspecified atom stereocenters. The molecule has 4 aromatic rings. The number of amides is 1. The van der Waals surface area contributed by atoms with Gasteiger partial charge in [0.2, 0.25) is 11.3 Å². The standard InChI is InChI=1S/C27H23FN2O4/c1-3-17-4-13-24-22(14-17)27(33)23(26(32)18-5-7-19(28)8-6-18)15-30(24)16-25(31)29-20-9-11-21(34-2)12-10-20/h4-15H,3,16H2,1-2H3,(H,29,31). The smallest absolute Gasteiger partial charge is 0.244 e. The average molecular weight is 458 g/mol. The highest BCUT2D eigenvalue weighted by molar-refractivity contribution is 6.10. The van der Waals surface area contributed by atoms with Gasteiger partial charge in [0.05, 0.1) is 18.2 Å². The van der Waals surface area contributed by atoms with Crippen molar-refractivity contribution in [2.24, 2.45) is 0 Å². The second-order valence-electron chi connectivity index (χ2n) is 7.82. The van der Waals surface area contributed by atoms with Crippen molar-refractivity contribution in [2.75, 3.05) is 12.4 Å². The number of anilines is 1. The molecule has 0 bridgehead atoms. The molecular weight excluding hydrogens is 435 g/mol. The maximum absolute atomic E-state index is 13.3. The van der Waals surface area contributed by atoms with Gasteiger partial charge in [0.15, 0.2) is 5.78 Å². The molecule has 0 fully saturated rings. The van der Waals surface area contributed by atoms with Gasteiger partial charge in [-0.25, -0.2) is 4.39 Å². The Balaban J connectivity index is 1.74. The summed E-state index contributed by atoms with van der Waals surface area (Å²) >= 11 is 0. The first-order chi connectivity index (χ1) is 16.4. The number of hydrogen-bond donors (Lipinski definition) is 1. The third-order valence-electron chi connectivity index (χ3n) is 5.59. The summed E-state index contributed by atoms with van der Waals surface area (Å²) in [6.45, 7) is 1.85. The molecule has 4 rings (SSSR count). The molecule has 0 radical (unpaired) electrons. The number of halogens is 1. The van der Waals surface area contributed by atoms with Crippen LogP contribution in [0.4, 0.5) is 10.1 Å². The molecule has 172 valence electrons. The van der Waals surface area contributed by atoms with E-state index in [1.807, 2.05) is 13.0 Å². The Bertz CT molecular complexity index is 1420. The van der Waals surface area contributed by atoms with Crippen molar-refractivity contribution < 1.29 is 18.7 Å². The van der Waals surface area contributed by atoms with Crippen molar-refractivity contribution in [2.45, 2.75) is 19.9 Å². The van der Waals surface area contributed by atoms with E-state index in [4.69, 9.17) is 4.74 Å². The second-order valence-corrected chi connectivity index (χ2v) is 7.82. The first-order valence-electron chi connectivity index (χ1n) is 10.8. The summed E-state index contributed by atoms with van der Waals surface area (Å²) in [5.41, 5.74) is 1.76. The van der Waals surface area contributed by atoms with Crippen LogP contribution in [0, 0.1) is 5.82 Å². The van der Waals surface area contributed by atoms with Gasteiger partial charge >= 0.3 is 0 Å². The van der Waals surface area contributed by atoms with Crippen molar-refractivity contribution in [1.29, 1.82) is 0 Å². The SMILES string of the molecule is CCc1ccc2c(c1)c(=O)c(C(=O)c1ccc(F)cc1)cn2CC(=O)Nc1ccc(OC)cc1. The van der Waals surface area contributed by atoms with E-state index >= 15 is 0 Å². The normalized spacial score (nSPS) is 10.8. The van der Waals surface area contributed by atoms with Crippen molar-refractivity contribution in [3.05, 3.63) is 106 Å². The zero-order valence-corrected chi connectivity index (χ0v) is 18.8. The molecular formula is C27H23FN2O4. The van der Waals surface area contributed by atoms with Gasteiger partial charge in [0, 0.05) is 22.8 Å². The molecule has 0 aliphatic heterocycles. The topological polar surface area (TPSA) is 77.4 Å². The van der Waals surface area contributed by atoms with Gasteiger partial charge in [-0.05, 0) is 72.6 Å². The number of hydrogen-bond acceptors (Lipinski definition) is 4. The highest BCUT2D eigenvalue weighted by Crippen LogP contribution is 2.19. The molecule has 1 amide bonds. The molecule has 1 heterocycles. The van der Waals surface area contributed by atoms with Crippen LogP contribution in [0.2, 0.25) is 0 Å². The third-order valence-corrected chi connectivity index (χ3v) is 5.59. The van der Waals surface area contributed by atoms with Crippen LogP contribution < -0.4 is 15.5 Å². The summed E-state index contributed by atoms with van der Waals surface area (Å²) < 4.78 is 20.0. The molecule has 7 heteroatoms. The van der Waals surface area contributed by atoms with Gasteiger partial charge in [-0.1, -0.05) is 13.0 Å². The van der Waals surface area contributed by atoms with Crippen molar-refractivity contribution in [3.8, 4) is 5.75 Å². The number of fused-ring (bicyclic) bond motifs is 1. The number of nitrogens with zero attached hydrogens (tertiary/aromatic N) is 1. The number of pyridine rings is 1. The summed E-state index contributed by atoms with van der Waals surface area (Å²) in [5, 5.41) is 3.16. The molecule has 0 saturated carbocycles. The van der Waals surface area contributed by atoms with Gasteiger partial charge in [-0.15, -0.1) is 0 Å². The van der Waals surface area contributed by atoms with Crippen LogP contribution >= 0.6 is 0 Å². The van der Waals surface area contributed by atoms with Crippen LogP contribution in [0.15, 0.2) is 77.7 Å². The summed E-state index contributed by atoms with van der Waals surface area (Å²) in [6, 6.07) is 17.3. The molecule has 34 heavy (non-hydrogen) atoms. The van der Waals surface area contributed by atoms with Gasteiger partial charge in [-0.2, -0.15) is 0 Å². The van der Waals surface area contributed by atoms with Crippen LogP contribution in [-0.4, -0.2) is 23.4 Å². The highest BCUT2D eigenvalue weighted by atomic mass is 19.1. The number of ketones is 1. The zero-order chi connectivity index (χ0) is 24.2. The lowest BCUT2D eigenvalue weighted by molar-refractivity contribution is -0.116. The molecule has 1 N–H and O–H groups in total. The minimum Gasteiger partial charge on any atom is -0.497 e. The zero-order valence-electron chi connectivity index (χ0n) is 18.8. The Morgan fingerprint density at radius 1 is 1.00 bits per heavy atom. The highest BCUT2D eigenvalue weighted by Gasteiger charge is 2.19. The summed E-state index contributed by atoms with van der Waals surface area (Å²) in [7, 11) is 1.56. The van der Waals surface area contributed by atoms with Gasteiger partial charge in [0.1, 0.15) is 18.1 Å². The summed E-state index contributed by atoms with van der Waals surface area (Å²) in [5.74, 6) is -0.664. The maximum atomic E-state index is 13.3. The number of aryl methyl sites for hydroxylation is 1. The van der Waals surface area contributed by atoms with Crippen molar-refractivity contribution in [1.82, 2.24) is 4.57 Å². The summed E-state index contributed by atoms with van der Waals surface area (Å²) in [6.07, 6.45) is 2.11. The number of benzene rings is 3. The Labute approximate surface area is 195 Å². The monoisotopic (exact) mass is 458 g/mol. The lowest BCUT2D eigenvalue weighted by Gasteiger charge is -2.14. The predicted molar refractivity (Wildman–Crippen MR) is 129 cm³/mol. The number of carbonyl (C=O) groups excluding carboxylic acids is 2. The lowest BCUT2D eigenvalue weighted by atomic mass is 10.0. The van der Waals surface area contributed by atoms with E-state index in [1.165, 1.54) is 30.5 Å². The fourth-order valence-corrected chi connectivity index (χ4v) is 3.74. The Hall–Kier alpha value is -4.26. The molecule has 3 aromatic carbocycles. The van der Waals surface area contributed by atoms with E-state index in [1.54, 1.807) is 48.1 Å². The van der Waals surface area contributed by atoms with E-state index in [0.29, 0.717) is 28.8 Å². The first kappa shape index (κ1) is 22.9. The number of carbonyl (C=O) groups is 2. The quantitative estimate of drug-likeness (QED) is 0.411. The first-order valence-corrected chi connectivity index (χ1v) is 10.8. The molecule has 6 nitrogen and oxygen atoms in total. The van der Waals surface area contributed by atoms with E-state index in [2.05, 4.69) is 5.32 Å². The Kier molecular flexibility index (Phi) is 6.54. The molecule has 0 spiro atoms. The van der Waals surface area contributed by atoms with Crippen molar-refractivity contribution in [3.63, 3.8) is 0 Å². The largest absolute Gasteiger partial charge is 0.497 e. The molecule has 0 saturated heterocycles. The number of nitrogens with one attached hydrogen (secondary N) is 1. The van der Waals surface area contributed by atoms with Crippen LogP contribution in [0.25, 0.3) is 10.9 Å². The van der Waals surface area contributed by atoms with Crippen LogP contribution in [0.5, 0.6) is 5.75 Å². The Morgan fingerprint density at radius 2 is 1.71 bits per heavy atom. The predicted octanol–water partition coefficient (Wildman–Crippen LogP) is 4.58. The van der Waals surface area contributed by atoms with Crippen LogP contribution in [0.1, 0.15) is 28.4 Å². The van der Waals surface area contributed by atoms with Crippen molar-refractivity contribution >= 4 is 28.3 Å². The number of rotatable bonds is 7. The van der Waals surface area contributed by atoms with Gasteiger partial charge in [-0.3, -0.25) is 14.4 Å². The van der Waals surface area contributed by atoms with Gasteiger partial charge < -0.3 is 14.6 Å². The van der Waals surface area contributed by atoms with Crippen LogP contribution in [-0.2, 0) is 17.8 Å². The van der Waals surface area contributed by atoms with E-state index in [9.17, 15) is 18.8 Å². The van der Waals surface area contributed by atoms with Crippen LogP contribution in [0.3, 0.4) is 0 Å². The Morgan fingerprint density at radius 3 is 2.35 bits per heavy atom. The second kappa shape index (κ2) is 9.70. The fourth-order valence-electron chi connectivity index (χ4n) is 3.74. The van der Waals surface area contributed by atoms with E-state index in [0.717, 1.165) is 5.56 Å². The minimum atomic E-state index is -0.530. The van der Waals surface area contributed by atoms with E-state index < -0.39 is 17.0 Å². The minimum absolute atomic E-state index is 0.0791. The molecule has 1 aromatic heterocycles. The average Bonchev–Trinajstić information content (AvgIpc) is 2.86. The molecule has 0 aliphatic rings. The maximum Gasteiger partial charge on any atom is 0.244 e. The number of aromatic nitrogens is 1. The third kappa shape index (κ3) is 4.73.